The van der Waals surface area contributed by atoms with Crippen LogP contribution in [-0.4, -0.2) is 71.1 Å². The van der Waals surface area contributed by atoms with Crippen LogP contribution in [0.2, 0.25) is 0 Å². The normalized spacial score (nSPS) is 19.7. The number of nitrogens with zero attached hydrogens (tertiary/aromatic N) is 3. The summed E-state index contributed by atoms with van der Waals surface area (Å²) >= 11 is 0. The molecule has 0 radical (unpaired) electrons. The van der Waals surface area contributed by atoms with E-state index in [0.717, 1.165) is 11.4 Å². The zero-order valence-electron chi connectivity index (χ0n) is 12.1. The van der Waals surface area contributed by atoms with Gasteiger partial charge in [0.25, 0.3) is 0 Å². The van der Waals surface area contributed by atoms with E-state index in [1.165, 1.54) is 18.4 Å². The van der Waals surface area contributed by atoms with Gasteiger partial charge in [-0.3, -0.25) is 9.69 Å². The number of H-pyrrole nitrogens is 1. The number of aromatic amines is 1. The third-order valence-electron chi connectivity index (χ3n) is 3.69. The Morgan fingerprint density at radius 3 is 2.90 bits per heavy atom. The Balaban J connectivity index is 2.00. The molecule has 0 unspecified atom stereocenters. The Morgan fingerprint density at radius 2 is 2.29 bits per heavy atom. The van der Waals surface area contributed by atoms with E-state index in [0.29, 0.717) is 25.9 Å². The fourth-order valence-corrected chi connectivity index (χ4v) is 3.26. The molecule has 118 valence electrons. The van der Waals surface area contributed by atoms with Crippen LogP contribution in [0.5, 0.6) is 0 Å². The fourth-order valence-electron chi connectivity index (χ4n) is 2.40. The van der Waals surface area contributed by atoms with E-state index in [9.17, 15) is 18.3 Å². The van der Waals surface area contributed by atoms with Gasteiger partial charge in [-0.1, -0.05) is 0 Å². The van der Waals surface area contributed by atoms with Crippen LogP contribution < -0.4 is 0 Å². The molecule has 1 aliphatic heterocycles. The molecule has 0 fully saturated rings. The maximum Gasteiger partial charge on any atom is 0.321 e. The van der Waals surface area contributed by atoms with E-state index >= 15 is 0 Å². The zero-order valence-corrected chi connectivity index (χ0v) is 12.9. The third kappa shape index (κ3) is 3.60. The first-order chi connectivity index (χ1) is 9.81. The molecule has 1 aliphatic rings. The average Bonchev–Trinajstić information content (AvgIpc) is 2.84. The third-order valence-corrected chi connectivity index (χ3v) is 5.60. The van der Waals surface area contributed by atoms with Gasteiger partial charge in [-0.25, -0.2) is 17.7 Å². The molecule has 0 saturated heterocycles. The van der Waals surface area contributed by atoms with Crippen molar-refractivity contribution in [3.8, 4) is 0 Å². The first-order valence-electron chi connectivity index (χ1n) is 6.69. The molecule has 2 N–H and O–H groups in total. The van der Waals surface area contributed by atoms with Crippen LogP contribution in [-0.2, 0) is 27.8 Å². The summed E-state index contributed by atoms with van der Waals surface area (Å²) in [5.41, 5.74) is 1.68. The molecule has 9 heteroatoms. The monoisotopic (exact) mass is 316 g/mol. The van der Waals surface area contributed by atoms with E-state index in [1.54, 1.807) is 11.2 Å². The lowest BCUT2D eigenvalue weighted by molar-refractivity contribution is -0.144. The van der Waals surface area contributed by atoms with Crippen LogP contribution in [0.1, 0.15) is 17.8 Å². The second-order valence-corrected chi connectivity index (χ2v) is 7.61. The first kappa shape index (κ1) is 15.9. The Labute approximate surface area is 123 Å². The van der Waals surface area contributed by atoms with Crippen molar-refractivity contribution in [1.82, 2.24) is 19.2 Å². The molecule has 0 aromatic carbocycles. The largest absolute Gasteiger partial charge is 0.480 e. The summed E-state index contributed by atoms with van der Waals surface area (Å²) in [5, 5.41) is 9.31. The lowest BCUT2D eigenvalue weighted by atomic mass is 10.0. The molecule has 0 aliphatic carbocycles. The zero-order chi connectivity index (χ0) is 15.6. The van der Waals surface area contributed by atoms with Crippen molar-refractivity contribution < 1.29 is 18.3 Å². The number of imidazole rings is 1. The number of hydrogen-bond acceptors (Lipinski definition) is 5. The number of fused-ring (bicyclic) bond motifs is 1. The van der Waals surface area contributed by atoms with Crippen LogP contribution in [0.15, 0.2) is 6.33 Å². The summed E-state index contributed by atoms with van der Waals surface area (Å²) < 4.78 is 24.6. The van der Waals surface area contributed by atoms with Crippen molar-refractivity contribution in [3.05, 3.63) is 17.7 Å². The maximum absolute atomic E-state index is 11.7. The number of rotatable bonds is 6. The molecule has 1 aromatic heterocycles. The summed E-state index contributed by atoms with van der Waals surface area (Å²) in [6, 6.07) is -0.650. The van der Waals surface area contributed by atoms with E-state index in [-0.39, 0.29) is 5.75 Å². The summed E-state index contributed by atoms with van der Waals surface area (Å²) in [4.78, 5) is 20.3. The van der Waals surface area contributed by atoms with Crippen molar-refractivity contribution >= 4 is 16.0 Å². The maximum atomic E-state index is 11.7. The topological polar surface area (TPSA) is 107 Å². The molecule has 1 atom stereocenters. The molecule has 8 nitrogen and oxygen atoms in total. The molecule has 0 saturated carbocycles. The second-order valence-electron chi connectivity index (χ2n) is 5.31. The van der Waals surface area contributed by atoms with Crippen LogP contribution in [0.4, 0.5) is 0 Å². The Morgan fingerprint density at radius 1 is 1.57 bits per heavy atom. The standard InChI is InChI=1S/C12H20N4O4S/c1-15(2)21(19,20)5-3-4-16-7-10-9(13-8-14-10)6-11(16)12(17)18/h8,11H,3-7H2,1-2H3,(H,13,14)(H,17,18)/t11-/m1/s1. The Kier molecular flexibility index (Phi) is 4.64. The Bertz CT molecular complexity index is 611. The second kappa shape index (κ2) is 6.12. The van der Waals surface area contributed by atoms with Gasteiger partial charge >= 0.3 is 5.97 Å². The molecular formula is C12H20N4O4S. The number of carboxylic acids is 1. The lowest BCUT2D eigenvalue weighted by Gasteiger charge is -2.32. The molecule has 21 heavy (non-hydrogen) atoms. The van der Waals surface area contributed by atoms with E-state index in [1.807, 2.05) is 0 Å². The minimum absolute atomic E-state index is 0.0126. The average molecular weight is 316 g/mol. The van der Waals surface area contributed by atoms with Crippen molar-refractivity contribution in [3.63, 3.8) is 0 Å². The van der Waals surface area contributed by atoms with Crippen molar-refractivity contribution in [2.24, 2.45) is 0 Å². The molecule has 2 heterocycles. The molecular weight excluding hydrogens is 296 g/mol. The van der Waals surface area contributed by atoms with Gasteiger partial charge in [0.2, 0.25) is 10.0 Å². The summed E-state index contributed by atoms with van der Waals surface area (Å²) in [7, 11) is -0.261. The number of hydrogen-bond donors (Lipinski definition) is 2. The summed E-state index contributed by atoms with van der Waals surface area (Å²) in [6.07, 6.45) is 2.30. The van der Waals surface area contributed by atoms with Crippen LogP contribution >= 0.6 is 0 Å². The van der Waals surface area contributed by atoms with Crippen molar-refractivity contribution in [2.75, 3.05) is 26.4 Å². The highest BCUT2D eigenvalue weighted by Crippen LogP contribution is 2.21. The highest BCUT2D eigenvalue weighted by Gasteiger charge is 2.32. The summed E-state index contributed by atoms with van der Waals surface area (Å²) in [5.74, 6) is -0.891. The van der Waals surface area contributed by atoms with Crippen molar-refractivity contribution in [2.45, 2.75) is 25.4 Å². The number of nitrogens with one attached hydrogen (secondary N) is 1. The quantitative estimate of drug-likeness (QED) is 0.733. The van der Waals surface area contributed by atoms with Gasteiger partial charge < -0.3 is 10.1 Å². The van der Waals surface area contributed by atoms with Gasteiger partial charge in [0.05, 0.1) is 23.5 Å². The van der Waals surface area contributed by atoms with Gasteiger partial charge in [0.1, 0.15) is 6.04 Å². The van der Waals surface area contributed by atoms with Crippen LogP contribution in [0.3, 0.4) is 0 Å². The van der Waals surface area contributed by atoms with Gasteiger partial charge in [-0.05, 0) is 6.42 Å². The van der Waals surface area contributed by atoms with Gasteiger partial charge in [0, 0.05) is 33.6 Å². The highest BCUT2D eigenvalue weighted by molar-refractivity contribution is 7.89. The van der Waals surface area contributed by atoms with Crippen LogP contribution in [0, 0.1) is 0 Å². The lowest BCUT2D eigenvalue weighted by Crippen LogP contribution is -2.46. The van der Waals surface area contributed by atoms with Crippen LogP contribution in [0.25, 0.3) is 0 Å². The molecule has 0 bridgehead atoms. The number of sulfonamides is 1. The number of aromatic nitrogens is 2. The van der Waals surface area contributed by atoms with Gasteiger partial charge in [-0.15, -0.1) is 0 Å². The molecule has 2 rings (SSSR count). The van der Waals surface area contributed by atoms with E-state index < -0.39 is 22.0 Å². The highest BCUT2D eigenvalue weighted by atomic mass is 32.2. The number of carbonyl (C=O) groups is 1. The first-order valence-corrected chi connectivity index (χ1v) is 8.30. The predicted molar refractivity (Wildman–Crippen MR) is 76.2 cm³/mol. The molecule has 0 spiro atoms. The molecule has 0 amide bonds. The summed E-state index contributed by atoms with van der Waals surface area (Å²) in [6.45, 7) is 0.872. The number of aliphatic carboxylic acids is 1. The number of carboxylic acid groups (broad SMARTS) is 1. The minimum Gasteiger partial charge on any atom is -0.480 e. The molecule has 1 aromatic rings. The van der Waals surface area contributed by atoms with E-state index in [4.69, 9.17) is 0 Å². The van der Waals surface area contributed by atoms with E-state index in [2.05, 4.69) is 9.97 Å². The minimum atomic E-state index is -3.25. The fraction of sp³-hybridized carbons (Fsp3) is 0.667. The van der Waals surface area contributed by atoms with Gasteiger partial charge in [-0.2, -0.15) is 0 Å². The smallest absolute Gasteiger partial charge is 0.321 e. The van der Waals surface area contributed by atoms with Gasteiger partial charge in [0.15, 0.2) is 0 Å². The SMILES string of the molecule is CN(C)S(=O)(=O)CCCN1Cc2[nH]cnc2C[C@@H]1C(=O)O. The van der Waals surface area contributed by atoms with Crippen molar-refractivity contribution in [1.29, 1.82) is 0 Å². The predicted octanol–water partition coefficient (Wildman–Crippen LogP) is -0.497. The Hall–Kier alpha value is -1.45.